The maximum absolute atomic E-state index is 12.3. The van der Waals surface area contributed by atoms with Gasteiger partial charge in [0.2, 0.25) is 17.9 Å². The average molecular weight is 467 g/mol. The number of carbonyl (C=O) groups excluding carboxylic acids is 1. The predicted octanol–water partition coefficient (Wildman–Crippen LogP) is 4.01. The summed E-state index contributed by atoms with van der Waals surface area (Å²) in [6.45, 7) is 4.10. The Hall–Kier alpha value is -3.59. The lowest BCUT2D eigenvalue weighted by Crippen LogP contribution is -2.33. The van der Waals surface area contributed by atoms with Crippen molar-refractivity contribution in [3.63, 3.8) is 0 Å². The fraction of sp³-hybridized carbons (Fsp3) is 0.250. The fourth-order valence-corrected chi connectivity index (χ4v) is 3.63. The second-order valence-corrected chi connectivity index (χ2v) is 8.01. The highest BCUT2D eigenvalue weighted by Crippen LogP contribution is 2.30. The van der Waals surface area contributed by atoms with Gasteiger partial charge in [-0.1, -0.05) is 47.6 Å². The molecule has 33 heavy (non-hydrogen) atoms. The maximum Gasteiger partial charge on any atom is 0.263 e. The molecule has 172 valence electrons. The molecule has 0 aliphatic rings. The zero-order chi connectivity index (χ0) is 23.6. The van der Waals surface area contributed by atoms with Crippen molar-refractivity contribution in [3.8, 4) is 11.8 Å². The standard InChI is InChI=1S/C24H26N4O4S/c1-16-9-5-6-10-18(16)14-25-23(29)17(2)32-26-15-19-11-7-8-12-20(19)33-24-27-21(30-3)13-22(28-24)31-4/h5-13,15,17H,14H2,1-4H3,(H,25,29)/b26-15+. The molecule has 0 saturated heterocycles. The van der Waals surface area contributed by atoms with E-state index in [1.165, 1.54) is 26.0 Å². The SMILES string of the molecule is COc1cc(OC)nc(Sc2ccccc2/C=N/OC(C)C(=O)NCc2ccccc2C)n1. The number of amides is 1. The van der Waals surface area contributed by atoms with Gasteiger partial charge in [-0.25, -0.2) is 0 Å². The largest absolute Gasteiger partial charge is 0.481 e. The van der Waals surface area contributed by atoms with Crippen LogP contribution >= 0.6 is 11.8 Å². The first-order valence-electron chi connectivity index (χ1n) is 10.3. The van der Waals surface area contributed by atoms with Gasteiger partial charge in [0, 0.05) is 17.0 Å². The van der Waals surface area contributed by atoms with E-state index in [0.29, 0.717) is 23.5 Å². The van der Waals surface area contributed by atoms with Crippen molar-refractivity contribution in [1.29, 1.82) is 0 Å². The van der Waals surface area contributed by atoms with Crippen LogP contribution in [0.3, 0.4) is 0 Å². The number of rotatable bonds is 10. The number of benzene rings is 2. The molecular weight excluding hydrogens is 440 g/mol. The number of oxime groups is 1. The van der Waals surface area contributed by atoms with Crippen LogP contribution in [0.5, 0.6) is 11.8 Å². The van der Waals surface area contributed by atoms with E-state index in [2.05, 4.69) is 20.4 Å². The fourth-order valence-electron chi connectivity index (χ4n) is 2.78. The van der Waals surface area contributed by atoms with E-state index < -0.39 is 6.10 Å². The van der Waals surface area contributed by atoms with Crippen LogP contribution in [0.25, 0.3) is 0 Å². The average Bonchev–Trinajstić information content (AvgIpc) is 2.84. The van der Waals surface area contributed by atoms with Crippen molar-refractivity contribution >= 4 is 23.9 Å². The highest BCUT2D eigenvalue weighted by atomic mass is 32.2. The van der Waals surface area contributed by atoms with Crippen LogP contribution in [0.2, 0.25) is 0 Å². The number of aryl methyl sites for hydroxylation is 1. The highest BCUT2D eigenvalue weighted by molar-refractivity contribution is 7.99. The van der Waals surface area contributed by atoms with Gasteiger partial charge in [-0.15, -0.1) is 0 Å². The quantitative estimate of drug-likeness (QED) is 0.274. The molecule has 0 saturated carbocycles. The van der Waals surface area contributed by atoms with Crippen molar-refractivity contribution in [1.82, 2.24) is 15.3 Å². The Bertz CT molecular complexity index is 1100. The molecule has 1 N–H and O–H groups in total. The van der Waals surface area contributed by atoms with Gasteiger partial charge in [0.25, 0.3) is 5.91 Å². The summed E-state index contributed by atoms with van der Waals surface area (Å²) >= 11 is 1.34. The Labute approximate surface area is 197 Å². The minimum Gasteiger partial charge on any atom is -0.481 e. The second-order valence-electron chi connectivity index (χ2n) is 7.00. The third-order valence-electron chi connectivity index (χ3n) is 4.69. The number of nitrogens with one attached hydrogen (secondary N) is 1. The summed E-state index contributed by atoms with van der Waals surface area (Å²) in [6, 6.07) is 17.1. The van der Waals surface area contributed by atoms with Crippen LogP contribution in [0.15, 0.2) is 69.8 Å². The van der Waals surface area contributed by atoms with Crippen molar-refractivity contribution in [2.45, 2.75) is 36.5 Å². The molecule has 9 heteroatoms. The molecule has 1 aromatic heterocycles. The number of aromatic nitrogens is 2. The molecule has 0 aliphatic carbocycles. The minimum absolute atomic E-state index is 0.241. The first kappa shape index (κ1) is 24.1. The summed E-state index contributed by atoms with van der Waals surface area (Å²) < 4.78 is 10.4. The van der Waals surface area contributed by atoms with Crippen LogP contribution in [-0.2, 0) is 16.2 Å². The first-order chi connectivity index (χ1) is 16.0. The molecule has 8 nitrogen and oxygen atoms in total. The van der Waals surface area contributed by atoms with Crippen molar-refractivity contribution in [2.24, 2.45) is 5.16 Å². The summed E-state index contributed by atoms with van der Waals surface area (Å²) in [7, 11) is 3.07. The molecule has 1 heterocycles. The van der Waals surface area contributed by atoms with Gasteiger partial charge in [0.05, 0.1) is 26.5 Å². The number of methoxy groups -OCH3 is 2. The first-order valence-corrected chi connectivity index (χ1v) is 11.1. The van der Waals surface area contributed by atoms with Crippen LogP contribution in [0.4, 0.5) is 0 Å². The van der Waals surface area contributed by atoms with Crippen molar-refractivity contribution in [3.05, 3.63) is 71.3 Å². The molecule has 1 atom stereocenters. The predicted molar refractivity (Wildman–Crippen MR) is 127 cm³/mol. The number of hydrogen-bond donors (Lipinski definition) is 1. The Morgan fingerprint density at radius 2 is 1.76 bits per heavy atom. The third kappa shape index (κ3) is 6.95. The van der Waals surface area contributed by atoms with Gasteiger partial charge < -0.3 is 19.6 Å². The number of nitrogens with zero attached hydrogens (tertiary/aromatic N) is 3. The Balaban J connectivity index is 1.61. The van der Waals surface area contributed by atoms with Crippen LogP contribution in [0, 0.1) is 6.92 Å². The van der Waals surface area contributed by atoms with Crippen molar-refractivity contribution < 1.29 is 19.1 Å². The Morgan fingerprint density at radius 3 is 2.45 bits per heavy atom. The summed E-state index contributed by atoms with van der Waals surface area (Å²) in [5.41, 5.74) is 2.97. The molecule has 0 fully saturated rings. The second kappa shape index (κ2) is 11.9. The topological polar surface area (TPSA) is 94.9 Å². The van der Waals surface area contributed by atoms with Crippen molar-refractivity contribution in [2.75, 3.05) is 14.2 Å². The van der Waals surface area contributed by atoms with Gasteiger partial charge in [0.1, 0.15) is 0 Å². The molecule has 3 aromatic rings. The molecule has 0 radical (unpaired) electrons. The van der Waals surface area contributed by atoms with Gasteiger partial charge in [-0.2, -0.15) is 9.97 Å². The summed E-state index contributed by atoms with van der Waals surface area (Å²) in [4.78, 5) is 27.3. The highest BCUT2D eigenvalue weighted by Gasteiger charge is 2.14. The van der Waals surface area contributed by atoms with E-state index in [0.717, 1.165) is 21.6 Å². The van der Waals surface area contributed by atoms with E-state index in [1.54, 1.807) is 19.2 Å². The van der Waals surface area contributed by atoms with E-state index in [9.17, 15) is 4.79 Å². The zero-order valence-corrected chi connectivity index (χ0v) is 19.8. The van der Waals surface area contributed by atoms with Gasteiger partial charge in [0.15, 0.2) is 5.16 Å². The molecule has 0 spiro atoms. The van der Waals surface area contributed by atoms with E-state index >= 15 is 0 Å². The van der Waals surface area contributed by atoms with E-state index in [4.69, 9.17) is 14.3 Å². The Morgan fingerprint density at radius 1 is 1.09 bits per heavy atom. The van der Waals surface area contributed by atoms with Crippen LogP contribution < -0.4 is 14.8 Å². The monoisotopic (exact) mass is 466 g/mol. The molecule has 1 unspecified atom stereocenters. The molecule has 3 rings (SSSR count). The third-order valence-corrected chi connectivity index (χ3v) is 5.65. The molecule has 2 aromatic carbocycles. The van der Waals surface area contributed by atoms with Gasteiger partial charge >= 0.3 is 0 Å². The summed E-state index contributed by atoms with van der Waals surface area (Å²) in [6.07, 6.45) is 0.821. The van der Waals surface area contributed by atoms with Gasteiger partial charge in [-0.3, -0.25) is 4.79 Å². The van der Waals surface area contributed by atoms with E-state index in [1.807, 2.05) is 55.5 Å². The number of ether oxygens (including phenoxy) is 2. The smallest absolute Gasteiger partial charge is 0.263 e. The molecule has 1 amide bonds. The summed E-state index contributed by atoms with van der Waals surface area (Å²) in [5, 5.41) is 7.36. The van der Waals surface area contributed by atoms with Crippen LogP contribution in [-0.4, -0.2) is 42.4 Å². The number of hydrogen-bond acceptors (Lipinski definition) is 8. The molecule has 0 bridgehead atoms. The minimum atomic E-state index is -0.740. The van der Waals surface area contributed by atoms with Crippen LogP contribution in [0.1, 0.15) is 23.6 Å². The maximum atomic E-state index is 12.3. The van der Waals surface area contributed by atoms with E-state index in [-0.39, 0.29) is 5.91 Å². The lowest BCUT2D eigenvalue weighted by Gasteiger charge is -2.12. The van der Waals surface area contributed by atoms with Gasteiger partial charge in [-0.05, 0) is 42.8 Å². The molecule has 0 aliphatic heterocycles. The lowest BCUT2D eigenvalue weighted by molar-refractivity contribution is -0.131. The normalized spacial score (nSPS) is 11.8. The molecular formula is C24H26N4O4S. The summed E-state index contributed by atoms with van der Waals surface area (Å²) in [5.74, 6) is 0.573. The lowest BCUT2D eigenvalue weighted by atomic mass is 10.1. The zero-order valence-electron chi connectivity index (χ0n) is 18.9. The Kier molecular flexibility index (Phi) is 8.65. The number of carbonyl (C=O) groups is 1.